The van der Waals surface area contributed by atoms with E-state index in [1.165, 1.54) is 12.1 Å². The summed E-state index contributed by atoms with van der Waals surface area (Å²) in [6.45, 7) is 1.93. The second kappa shape index (κ2) is 6.59. The van der Waals surface area contributed by atoms with E-state index >= 15 is 0 Å². The lowest BCUT2D eigenvalue weighted by Gasteiger charge is -2.10. The van der Waals surface area contributed by atoms with E-state index in [0.717, 1.165) is 18.1 Å². The molecule has 21 heavy (non-hydrogen) atoms. The zero-order valence-electron chi connectivity index (χ0n) is 11.4. The Morgan fingerprint density at radius 3 is 2.67 bits per heavy atom. The van der Waals surface area contributed by atoms with E-state index < -0.39 is 11.8 Å². The number of ether oxygens (including phenoxy) is 1. The predicted molar refractivity (Wildman–Crippen MR) is 78.5 cm³/mol. The minimum Gasteiger partial charge on any atom is -0.489 e. The molecule has 0 saturated heterocycles. The van der Waals surface area contributed by atoms with E-state index in [1.54, 1.807) is 18.2 Å². The lowest BCUT2D eigenvalue weighted by atomic mass is 10.1. The molecule has 3 nitrogen and oxygen atoms in total. The van der Waals surface area contributed by atoms with Crippen molar-refractivity contribution in [2.75, 3.05) is 0 Å². The monoisotopic (exact) mass is 308 g/mol. The maximum atomic E-state index is 13.7. The first-order valence-corrected chi connectivity index (χ1v) is 6.82. The molecule has 1 N–H and O–H groups in total. The maximum absolute atomic E-state index is 13.7. The van der Waals surface area contributed by atoms with Gasteiger partial charge in [-0.15, -0.1) is 0 Å². The summed E-state index contributed by atoms with van der Waals surface area (Å²) in [5, 5.41) is 9.56. The molecule has 0 radical (unpaired) electrons. The quantitative estimate of drug-likeness (QED) is 0.895. The highest BCUT2D eigenvalue weighted by molar-refractivity contribution is 6.31. The number of benzene rings is 2. The van der Waals surface area contributed by atoms with Gasteiger partial charge in [-0.1, -0.05) is 18.5 Å². The summed E-state index contributed by atoms with van der Waals surface area (Å²) in [4.78, 5) is 10.9. The molecule has 0 heterocycles. The van der Waals surface area contributed by atoms with Crippen LogP contribution in [-0.4, -0.2) is 11.1 Å². The van der Waals surface area contributed by atoms with Crippen LogP contribution in [0.4, 0.5) is 4.39 Å². The van der Waals surface area contributed by atoms with Gasteiger partial charge in [-0.05, 0) is 48.4 Å². The van der Waals surface area contributed by atoms with Crippen LogP contribution in [0.3, 0.4) is 0 Å². The van der Waals surface area contributed by atoms with Gasteiger partial charge in [0.2, 0.25) is 0 Å². The number of hydrogen-bond donors (Lipinski definition) is 1. The Labute approximate surface area is 126 Å². The summed E-state index contributed by atoms with van der Waals surface area (Å²) < 4.78 is 19.2. The van der Waals surface area contributed by atoms with Gasteiger partial charge in [-0.3, -0.25) is 0 Å². The van der Waals surface area contributed by atoms with Crippen molar-refractivity contribution in [3.8, 4) is 5.75 Å². The Kier molecular flexibility index (Phi) is 4.81. The Hall–Kier alpha value is -2.07. The van der Waals surface area contributed by atoms with Gasteiger partial charge in [-0.2, -0.15) is 0 Å². The zero-order valence-corrected chi connectivity index (χ0v) is 12.2. The van der Waals surface area contributed by atoms with Crippen molar-refractivity contribution in [2.24, 2.45) is 0 Å². The molecule has 2 rings (SSSR count). The SMILES string of the molecule is CCc1cc(OCc2cc(C(=O)O)ccc2F)ccc1Cl. The van der Waals surface area contributed by atoms with Gasteiger partial charge in [0.1, 0.15) is 18.2 Å². The van der Waals surface area contributed by atoms with Gasteiger partial charge >= 0.3 is 5.97 Å². The van der Waals surface area contributed by atoms with Crippen LogP contribution >= 0.6 is 11.6 Å². The molecule has 0 aliphatic rings. The van der Waals surface area contributed by atoms with E-state index in [9.17, 15) is 9.18 Å². The minimum absolute atomic E-state index is 0.0281. The Balaban J connectivity index is 2.16. The first-order chi connectivity index (χ1) is 10.0. The van der Waals surface area contributed by atoms with Crippen LogP contribution in [0.1, 0.15) is 28.4 Å². The molecule has 0 aliphatic carbocycles. The molecule has 0 amide bonds. The van der Waals surface area contributed by atoms with Gasteiger partial charge in [-0.25, -0.2) is 9.18 Å². The number of carbonyl (C=O) groups is 1. The third kappa shape index (κ3) is 3.73. The van der Waals surface area contributed by atoms with E-state index in [4.69, 9.17) is 21.4 Å². The van der Waals surface area contributed by atoms with Crippen molar-refractivity contribution in [3.05, 3.63) is 63.9 Å². The van der Waals surface area contributed by atoms with Crippen LogP contribution in [0.2, 0.25) is 5.02 Å². The lowest BCUT2D eigenvalue weighted by molar-refractivity contribution is 0.0696. The normalized spacial score (nSPS) is 10.4. The molecule has 0 aromatic heterocycles. The molecule has 0 atom stereocenters. The van der Waals surface area contributed by atoms with Crippen molar-refractivity contribution in [1.82, 2.24) is 0 Å². The highest BCUT2D eigenvalue weighted by Gasteiger charge is 2.09. The van der Waals surface area contributed by atoms with Crippen LogP contribution in [-0.2, 0) is 13.0 Å². The van der Waals surface area contributed by atoms with Gasteiger partial charge in [0, 0.05) is 10.6 Å². The predicted octanol–water partition coefficient (Wildman–Crippen LogP) is 4.32. The van der Waals surface area contributed by atoms with Gasteiger partial charge in [0.25, 0.3) is 0 Å². The van der Waals surface area contributed by atoms with Gasteiger partial charge in [0.15, 0.2) is 0 Å². The van der Waals surface area contributed by atoms with E-state index in [0.29, 0.717) is 10.8 Å². The largest absolute Gasteiger partial charge is 0.489 e. The van der Waals surface area contributed by atoms with Gasteiger partial charge < -0.3 is 9.84 Å². The van der Waals surface area contributed by atoms with Crippen LogP contribution in [0.25, 0.3) is 0 Å². The maximum Gasteiger partial charge on any atom is 0.335 e. The summed E-state index contributed by atoms with van der Waals surface area (Å²) in [6.07, 6.45) is 0.763. The fourth-order valence-corrected chi connectivity index (χ4v) is 2.14. The smallest absolute Gasteiger partial charge is 0.335 e. The summed E-state index contributed by atoms with van der Waals surface area (Å²) in [6, 6.07) is 8.83. The van der Waals surface area contributed by atoms with Gasteiger partial charge in [0.05, 0.1) is 5.56 Å². The Morgan fingerprint density at radius 2 is 2.00 bits per heavy atom. The molecule has 0 spiro atoms. The van der Waals surface area contributed by atoms with E-state index in [1.807, 2.05) is 6.92 Å². The Morgan fingerprint density at radius 1 is 1.24 bits per heavy atom. The van der Waals surface area contributed by atoms with Crippen LogP contribution in [0, 0.1) is 5.82 Å². The lowest BCUT2D eigenvalue weighted by Crippen LogP contribution is -2.03. The third-order valence-corrected chi connectivity index (χ3v) is 3.45. The fraction of sp³-hybridized carbons (Fsp3) is 0.188. The summed E-state index contributed by atoms with van der Waals surface area (Å²) in [7, 11) is 0. The molecular formula is C16H14ClFO3. The Bertz CT molecular complexity index is 671. The number of halogens is 2. The zero-order chi connectivity index (χ0) is 15.4. The van der Waals surface area contributed by atoms with Crippen LogP contribution in [0.15, 0.2) is 36.4 Å². The van der Waals surface area contributed by atoms with E-state index in [2.05, 4.69) is 0 Å². The van der Waals surface area contributed by atoms with Crippen molar-refractivity contribution in [1.29, 1.82) is 0 Å². The minimum atomic E-state index is -1.10. The number of aryl methyl sites for hydroxylation is 1. The molecule has 0 saturated carbocycles. The highest BCUT2D eigenvalue weighted by Crippen LogP contribution is 2.23. The molecular weight excluding hydrogens is 295 g/mol. The molecule has 0 unspecified atom stereocenters. The molecule has 0 fully saturated rings. The summed E-state index contributed by atoms with van der Waals surface area (Å²) >= 11 is 6.01. The first-order valence-electron chi connectivity index (χ1n) is 6.44. The van der Waals surface area contributed by atoms with Crippen molar-refractivity contribution < 1.29 is 19.0 Å². The molecule has 0 aliphatic heterocycles. The van der Waals surface area contributed by atoms with Crippen LogP contribution in [0.5, 0.6) is 5.75 Å². The van der Waals surface area contributed by atoms with Crippen molar-refractivity contribution >= 4 is 17.6 Å². The second-order valence-electron chi connectivity index (χ2n) is 4.51. The summed E-state index contributed by atoms with van der Waals surface area (Å²) in [5.74, 6) is -1.03. The van der Waals surface area contributed by atoms with Crippen molar-refractivity contribution in [3.63, 3.8) is 0 Å². The van der Waals surface area contributed by atoms with Crippen LogP contribution < -0.4 is 4.74 Å². The first kappa shape index (κ1) is 15.3. The topological polar surface area (TPSA) is 46.5 Å². The average Bonchev–Trinajstić information content (AvgIpc) is 2.47. The number of carboxylic acid groups (broad SMARTS) is 1. The molecule has 2 aromatic carbocycles. The second-order valence-corrected chi connectivity index (χ2v) is 4.91. The third-order valence-electron chi connectivity index (χ3n) is 3.09. The van der Waals surface area contributed by atoms with Crippen molar-refractivity contribution in [2.45, 2.75) is 20.0 Å². The van der Waals surface area contributed by atoms with E-state index in [-0.39, 0.29) is 17.7 Å². The fourth-order valence-electron chi connectivity index (χ4n) is 1.89. The molecule has 5 heteroatoms. The number of rotatable bonds is 5. The highest BCUT2D eigenvalue weighted by atomic mass is 35.5. The number of aromatic carboxylic acids is 1. The average molecular weight is 309 g/mol. The molecule has 0 bridgehead atoms. The number of carboxylic acids is 1. The molecule has 2 aromatic rings. The standard InChI is InChI=1S/C16H14ClFO3/c1-2-10-8-13(4-5-14(10)17)21-9-12-7-11(16(19)20)3-6-15(12)18/h3-8H,2,9H2,1H3,(H,19,20). The summed E-state index contributed by atoms with van der Waals surface area (Å²) in [5.41, 5.74) is 1.16. The molecule has 110 valence electrons. The number of hydrogen-bond acceptors (Lipinski definition) is 2.